The third-order valence-electron chi connectivity index (χ3n) is 6.18. The number of aliphatic imine (C=N–C) groups is 1. The molecule has 2 saturated heterocycles. The fraction of sp³-hybridized carbons (Fsp3) is 0.652. The highest BCUT2D eigenvalue weighted by Gasteiger charge is 2.23. The lowest BCUT2D eigenvalue weighted by molar-refractivity contribution is 0.0963. The Bertz CT molecular complexity index is 707. The summed E-state index contributed by atoms with van der Waals surface area (Å²) in [5, 5.41) is 3.32. The Labute approximate surface area is 180 Å². The van der Waals surface area contributed by atoms with Crippen LogP contribution in [0.1, 0.15) is 50.7 Å². The van der Waals surface area contributed by atoms with E-state index in [0.29, 0.717) is 32.2 Å². The highest BCUT2D eigenvalue weighted by Crippen LogP contribution is 2.20. The van der Waals surface area contributed by atoms with Gasteiger partial charge in [-0.05, 0) is 62.7 Å². The van der Waals surface area contributed by atoms with Gasteiger partial charge >= 0.3 is 6.09 Å². The van der Waals surface area contributed by atoms with Crippen LogP contribution >= 0.6 is 0 Å². The predicted molar refractivity (Wildman–Crippen MR) is 120 cm³/mol. The van der Waals surface area contributed by atoms with Crippen LogP contribution in [-0.2, 0) is 17.8 Å². The number of nitrogens with two attached hydrogens (primary N) is 1. The minimum Gasteiger partial charge on any atom is -0.450 e. The van der Waals surface area contributed by atoms with Gasteiger partial charge in [-0.3, -0.25) is 4.90 Å². The van der Waals surface area contributed by atoms with Crippen molar-refractivity contribution in [3.63, 3.8) is 0 Å². The van der Waals surface area contributed by atoms with Crippen molar-refractivity contribution in [3.8, 4) is 0 Å². The van der Waals surface area contributed by atoms with Gasteiger partial charge < -0.3 is 20.7 Å². The fourth-order valence-electron chi connectivity index (χ4n) is 4.17. The molecule has 1 amide bonds. The Hall–Kier alpha value is -2.28. The average molecular weight is 416 g/mol. The van der Waals surface area contributed by atoms with E-state index in [1.807, 2.05) is 6.92 Å². The molecule has 2 aliphatic heterocycles. The van der Waals surface area contributed by atoms with Crippen molar-refractivity contribution >= 4 is 12.1 Å². The SMILES string of the molecule is CCOC(=O)N1CCC(NC(N)=NCc2ccccc2CN2CCC(C)CC2)CC1. The zero-order chi connectivity index (χ0) is 21.3. The fourth-order valence-corrected chi connectivity index (χ4v) is 4.17. The zero-order valence-electron chi connectivity index (χ0n) is 18.5. The topological polar surface area (TPSA) is 83.2 Å². The Morgan fingerprint density at radius 3 is 2.47 bits per heavy atom. The minimum atomic E-state index is -0.225. The number of guanidine groups is 1. The quantitative estimate of drug-likeness (QED) is 0.551. The molecular weight excluding hydrogens is 378 g/mol. The first kappa shape index (κ1) is 22.4. The molecule has 0 spiro atoms. The second kappa shape index (κ2) is 11.2. The van der Waals surface area contributed by atoms with Crippen molar-refractivity contribution in [1.82, 2.24) is 15.1 Å². The number of piperidine rings is 2. The van der Waals surface area contributed by atoms with E-state index in [0.717, 1.165) is 25.3 Å². The van der Waals surface area contributed by atoms with Crippen LogP contribution in [0.3, 0.4) is 0 Å². The molecule has 2 fully saturated rings. The van der Waals surface area contributed by atoms with Crippen molar-refractivity contribution in [2.24, 2.45) is 16.6 Å². The van der Waals surface area contributed by atoms with Gasteiger partial charge in [0.05, 0.1) is 13.2 Å². The Morgan fingerprint density at radius 2 is 1.80 bits per heavy atom. The van der Waals surface area contributed by atoms with Crippen LogP contribution < -0.4 is 11.1 Å². The molecule has 2 aliphatic rings. The van der Waals surface area contributed by atoms with E-state index in [-0.39, 0.29) is 12.1 Å². The van der Waals surface area contributed by atoms with Gasteiger partial charge in [0.1, 0.15) is 0 Å². The minimum absolute atomic E-state index is 0.225. The maximum absolute atomic E-state index is 11.8. The molecular formula is C23H37N5O2. The number of hydrogen-bond donors (Lipinski definition) is 2. The molecule has 0 aliphatic carbocycles. The summed E-state index contributed by atoms with van der Waals surface area (Å²) in [5.74, 6) is 1.32. The molecule has 3 N–H and O–H groups in total. The van der Waals surface area contributed by atoms with Crippen LogP contribution in [0, 0.1) is 5.92 Å². The first-order valence-corrected chi connectivity index (χ1v) is 11.3. The number of ether oxygens (including phenoxy) is 1. The summed E-state index contributed by atoms with van der Waals surface area (Å²) < 4.78 is 5.07. The van der Waals surface area contributed by atoms with Crippen molar-refractivity contribution in [3.05, 3.63) is 35.4 Å². The molecule has 30 heavy (non-hydrogen) atoms. The van der Waals surface area contributed by atoms with Gasteiger partial charge in [0.2, 0.25) is 0 Å². The maximum atomic E-state index is 11.8. The molecule has 3 rings (SSSR count). The lowest BCUT2D eigenvalue weighted by Gasteiger charge is -2.31. The van der Waals surface area contributed by atoms with Gasteiger partial charge in [-0.25, -0.2) is 9.79 Å². The molecule has 2 heterocycles. The summed E-state index contributed by atoms with van der Waals surface area (Å²) >= 11 is 0. The molecule has 7 nitrogen and oxygen atoms in total. The summed E-state index contributed by atoms with van der Waals surface area (Å²) in [7, 11) is 0. The smallest absolute Gasteiger partial charge is 0.409 e. The number of hydrogen-bond acceptors (Lipinski definition) is 4. The Morgan fingerprint density at radius 1 is 1.13 bits per heavy atom. The van der Waals surface area contributed by atoms with Crippen LogP contribution in [0.5, 0.6) is 0 Å². The van der Waals surface area contributed by atoms with Crippen LogP contribution in [-0.4, -0.2) is 60.7 Å². The molecule has 1 aromatic carbocycles. The molecule has 166 valence electrons. The molecule has 0 aromatic heterocycles. The predicted octanol–water partition coefficient (Wildman–Crippen LogP) is 2.94. The van der Waals surface area contributed by atoms with E-state index in [1.54, 1.807) is 4.90 Å². The molecule has 0 bridgehead atoms. The molecule has 0 radical (unpaired) electrons. The summed E-state index contributed by atoms with van der Waals surface area (Å²) in [4.78, 5) is 20.7. The number of carbonyl (C=O) groups is 1. The van der Waals surface area contributed by atoms with E-state index < -0.39 is 0 Å². The van der Waals surface area contributed by atoms with Gasteiger partial charge in [-0.15, -0.1) is 0 Å². The normalized spacial score (nSPS) is 19.7. The van der Waals surface area contributed by atoms with Crippen LogP contribution in [0.2, 0.25) is 0 Å². The molecule has 7 heteroatoms. The second-order valence-corrected chi connectivity index (χ2v) is 8.53. The van der Waals surface area contributed by atoms with Gasteiger partial charge in [0, 0.05) is 25.7 Å². The average Bonchev–Trinajstić information content (AvgIpc) is 2.75. The van der Waals surface area contributed by atoms with E-state index in [4.69, 9.17) is 10.5 Å². The third kappa shape index (κ3) is 6.62. The number of amides is 1. The highest BCUT2D eigenvalue weighted by atomic mass is 16.6. The monoisotopic (exact) mass is 415 g/mol. The molecule has 0 saturated carbocycles. The molecule has 1 aromatic rings. The maximum Gasteiger partial charge on any atom is 0.409 e. The van der Waals surface area contributed by atoms with Crippen LogP contribution in [0.4, 0.5) is 4.79 Å². The second-order valence-electron chi connectivity index (χ2n) is 8.53. The molecule has 0 unspecified atom stereocenters. The number of likely N-dealkylation sites (tertiary alicyclic amines) is 2. The molecule has 0 atom stereocenters. The van der Waals surface area contributed by atoms with E-state index in [2.05, 4.69) is 46.4 Å². The van der Waals surface area contributed by atoms with E-state index in [1.165, 1.54) is 37.1 Å². The van der Waals surface area contributed by atoms with E-state index >= 15 is 0 Å². The number of rotatable bonds is 6. The van der Waals surface area contributed by atoms with E-state index in [9.17, 15) is 4.79 Å². The van der Waals surface area contributed by atoms with Gasteiger partial charge in [-0.1, -0.05) is 31.2 Å². The number of nitrogens with zero attached hydrogens (tertiary/aromatic N) is 3. The summed E-state index contributed by atoms with van der Waals surface area (Å²) in [6.45, 7) is 9.86. The zero-order valence-corrected chi connectivity index (χ0v) is 18.5. The van der Waals surface area contributed by atoms with Crippen LogP contribution in [0.15, 0.2) is 29.3 Å². The van der Waals surface area contributed by atoms with Gasteiger partial charge in [0.25, 0.3) is 0 Å². The van der Waals surface area contributed by atoms with Gasteiger partial charge in [-0.2, -0.15) is 0 Å². The number of carbonyl (C=O) groups excluding carboxylic acids is 1. The Balaban J connectivity index is 1.48. The largest absolute Gasteiger partial charge is 0.450 e. The first-order chi connectivity index (χ1) is 14.5. The number of benzene rings is 1. The lowest BCUT2D eigenvalue weighted by atomic mass is 9.98. The lowest BCUT2D eigenvalue weighted by Crippen LogP contribution is -2.48. The third-order valence-corrected chi connectivity index (χ3v) is 6.18. The standard InChI is InChI=1S/C23H37N5O2/c1-3-30-23(29)28-14-10-21(11-15-28)26-22(24)25-16-19-6-4-5-7-20(19)17-27-12-8-18(2)9-13-27/h4-7,18,21H,3,8-17H2,1-2H3,(H3,24,25,26). The van der Waals surface area contributed by atoms with Crippen LogP contribution in [0.25, 0.3) is 0 Å². The highest BCUT2D eigenvalue weighted by molar-refractivity contribution is 5.78. The van der Waals surface area contributed by atoms with Gasteiger partial charge in [0.15, 0.2) is 5.96 Å². The Kier molecular flexibility index (Phi) is 8.37. The van der Waals surface area contributed by atoms with Crippen molar-refractivity contribution < 1.29 is 9.53 Å². The summed E-state index contributed by atoms with van der Waals surface area (Å²) in [6.07, 6.45) is 4.04. The summed E-state index contributed by atoms with van der Waals surface area (Å²) in [5.41, 5.74) is 8.74. The van der Waals surface area contributed by atoms with Crippen molar-refractivity contribution in [2.75, 3.05) is 32.8 Å². The summed E-state index contributed by atoms with van der Waals surface area (Å²) in [6, 6.07) is 8.77. The van der Waals surface area contributed by atoms with Crippen molar-refractivity contribution in [1.29, 1.82) is 0 Å². The number of nitrogens with one attached hydrogen (secondary N) is 1. The first-order valence-electron chi connectivity index (χ1n) is 11.3. The van der Waals surface area contributed by atoms with Crippen molar-refractivity contribution in [2.45, 2.75) is 58.7 Å².